The number of thioether (sulfide) groups is 1. The zero-order valence-electron chi connectivity index (χ0n) is 13.5. The van der Waals surface area contributed by atoms with Gasteiger partial charge in [0.1, 0.15) is 18.0 Å². The Balaban J connectivity index is 2.19. The number of hydrogen-bond acceptors (Lipinski definition) is 5. The number of anilines is 2. The van der Waals surface area contributed by atoms with Crippen LogP contribution in [0.4, 0.5) is 11.6 Å². The van der Waals surface area contributed by atoms with Crippen molar-refractivity contribution in [3.05, 3.63) is 11.9 Å². The predicted octanol–water partition coefficient (Wildman–Crippen LogP) is 3.95. The molecule has 0 radical (unpaired) electrons. The maximum Gasteiger partial charge on any atom is 0.134 e. The smallest absolute Gasteiger partial charge is 0.134 e. The first-order valence-electron chi connectivity index (χ1n) is 8.17. The largest absolute Gasteiger partial charge is 0.370 e. The van der Waals surface area contributed by atoms with Crippen LogP contribution in [0.1, 0.15) is 51.5 Å². The Morgan fingerprint density at radius 3 is 2.67 bits per heavy atom. The Hall–Kier alpha value is -0.970. The van der Waals surface area contributed by atoms with Gasteiger partial charge >= 0.3 is 0 Å². The van der Waals surface area contributed by atoms with Gasteiger partial charge < -0.3 is 10.6 Å². The Morgan fingerprint density at radius 1 is 1.19 bits per heavy atom. The SMILES string of the molecule is CCCc1c(NCC)ncnc1NC1CCCCC1SC. The second kappa shape index (κ2) is 8.47. The van der Waals surface area contributed by atoms with Gasteiger partial charge in [-0.05, 0) is 32.4 Å². The minimum atomic E-state index is 0.536. The molecule has 5 heteroatoms. The average molecular weight is 308 g/mol. The number of hydrogen-bond donors (Lipinski definition) is 2. The van der Waals surface area contributed by atoms with E-state index in [4.69, 9.17) is 0 Å². The molecule has 1 aromatic heterocycles. The summed E-state index contributed by atoms with van der Waals surface area (Å²) in [6, 6.07) is 0.536. The van der Waals surface area contributed by atoms with Crippen LogP contribution in [0, 0.1) is 0 Å². The van der Waals surface area contributed by atoms with Gasteiger partial charge in [0, 0.05) is 23.4 Å². The molecule has 1 aliphatic rings. The Morgan fingerprint density at radius 2 is 1.95 bits per heavy atom. The molecule has 0 spiro atoms. The third kappa shape index (κ3) is 4.25. The molecular formula is C16H28N4S. The Labute approximate surface area is 132 Å². The van der Waals surface area contributed by atoms with E-state index in [2.05, 4.69) is 40.7 Å². The summed E-state index contributed by atoms with van der Waals surface area (Å²) < 4.78 is 0. The van der Waals surface area contributed by atoms with Crippen LogP contribution < -0.4 is 10.6 Å². The summed E-state index contributed by atoms with van der Waals surface area (Å²) in [5, 5.41) is 7.79. The lowest BCUT2D eigenvalue weighted by Crippen LogP contribution is -2.35. The third-order valence-corrected chi connectivity index (χ3v) is 5.29. The lowest BCUT2D eigenvalue weighted by atomic mass is 9.94. The number of nitrogens with one attached hydrogen (secondary N) is 2. The topological polar surface area (TPSA) is 49.8 Å². The highest BCUT2D eigenvalue weighted by Gasteiger charge is 2.25. The van der Waals surface area contributed by atoms with Crippen LogP contribution in [0.5, 0.6) is 0 Å². The van der Waals surface area contributed by atoms with E-state index < -0.39 is 0 Å². The quantitative estimate of drug-likeness (QED) is 0.799. The predicted molar refractivity (Wildman–Crippen MR) is 93.4 cm³/mol. The summed E-state index contributed by atoms with van der Waals surface area (Å²) in [4.78, 5) is 8.94. The van der Waals surface area contributed by atoms with E-state index in [0.29, 0.717) is 11.3 Å². The molecule has 0 saturated heterocycles. The first-order valence-corrected chi connectivity index (χ1v) is 9.46. The van der Waals surface area contributed by atoms with E-state index in [9.17, 15) is 0 Å². The second-order valence-corrected chi connectivity index (χ2v) is 6.72. The molecule has 1 fully saturated rings. The molecule has 0 amide bonds. The van der Waals surface area contributed by atoms with Gasteiger partial charge in [-0.3, -0.25) is 0 Å². The standard InChI is InChI=1S/C16H28N4S/c1-4-8-12-15(17-5-2)18-11-19-16(12)20-13-9-6-7-10-14(13)21-3/h11,13-14H,4-10H2,1-3H3,(H2,17,18,19,20). The van der Waals surface area contributed by atoms with Crippen molar-refractivity contribution in [2.75, 3.05) is 23.4 Å². The highest BCUT2D eigenvalue weighted by atomic mass is 32.2. The summed E-state index contributed by atoms with van der Waals surface area (Å²) in [6.07, 6.45) is 11.3. The van der Waals surface area contributed by atoms with Gasteiger partial charge in [-0.2, -0.15) is 11.8 Å². The van der Waals surface area contributed by atoms with Crippen molar-refractivity contribution < 1.29 is 0 Å². The molecule has 2 unspecified atom stereocenters. The van der Waals surface area contributed by atoms with Crippen molar-refractivity contribution in [1.82, 2.24) is 9.97 Å². The van der Waals surface area contributed by atoms with Gasteiger partial charge in [0.2, 0.25) is 0 Å². The zero-order chi connectivity index (χ0) is 15.1. The molecule has 21 heavy (non-hydrogen) atoms. The first kappa shape index (κ1) is 16.4. The van der Waals surface area contributed by atoms with E-state index in [1.165, 1.54) is 31.2 Å². The molecule has 0 bridgehead atoms. The van der Waals surface area contributed by atoms with Crippen LogP contribution in [0.15, 0.2) is 6.33 Å². The van der Waals surface area contributed by atoms with Crippen LogP contribution in [0.2, 0.25) is 0 Å². The van der Waals surface area contributed by atoms with Crippen molar-refractivity contribution in [2.24, 2.45) is 0 Å². The first-order chi connectivity index (χ1) is 10.3. The minimum absolute atomic E-state index is 0.536. The zero-order valence-corrected chi connectivity index (χ0v) is 14.3. The molecule has 1 saturated carbocycles. The summed E-state index contributed by atoms with van der Waals surface area (Å²) >= 11 is 1.99. The fourth-order valence-corrected chi connectivity index (χ4v) is 4.00. The molecule has 118 valence electrons. The van der Waals surface area contributed by atoms with Crippen molar-refractivity contribution in [1.29, 1.82) is 0 Å². The molecule has 1 aliphatic carbocycles. The van der Waals surface area contributed by atoms with Gasteiger partial charge in [-0.25, -0.2) is 9.97 Å². The highest BCUT2D eigenvalue weighted by Crippen LogP contribution is 2.31. The summed E-state index contributed by atoms with van der Waals surface area (Å²) in [5.41, 5.74) is 1.24. The maximum absolute atomic E-state index is 4.53. The van der Waals surface area contributed by atoms with Crippen LogP contribution in [0.3, 0.4) is 0 Å². The van der Waals surface area contributed by atoms with Gasteiger partial charge in [0.25, 0.3) is 0 Å². The summed E-state index contributed by atoms with van der Waals surface area (Å²) in [7, 11) is 0. The molecule has 2 rings (SSSR count). The van der Waals surface area contributed by atoms with E-state index in [0.717, 1.165) is 31.0 Å². The summed E-state index contributed by atoms with van der Waals surface area (Å²) in [5.74, 6) is 2.03. The lowest BCUT2D eigenvalue weighted by Gasteiger charge is -2.32. The van der Waals surface area contributed by atoms with E-state index >= 15 is 0 Å². The van der Waals surface area contributed by atoms with Crippen LogP contribution in [0.25, 0.3) is 0 Å². The van der Waals surface area contributed by atoms with Gasteiger partial charge in [-0.15, -0.1) is 0 Å². The monoisotopic (exact) mass is 308 g/mol. The second-order valence-electron chi connectivity index (χ2n) is 5.64. The average Bonchev–Trinajstić information content (AvgIpc) is 2.51. The maximum atomic E-state index is 4.53. The number of aromatic nitrogens is 2. The number of rotatable bonds is 7. The molecule has 1 aromatic rings. The van der Waals surface area contributed by atoms with Crippen molar-refractivity contribution in [3.8, 4) is 0 Å². The van der Waals surface area contributed by atoms with Gasteiger partial charge in [-0.1, -0.05) is 26.2 Å². The van der Waals surface area contributed by atoms with E-state index in [1.54, 1.807) is 6.33 Å². The Kier molecular flexibility index (Phi) is 6.61. The summed E-state index contributed by atoms with van der Waals surface area (Å²) in [6.45, 7) is 5.21. The third-order valence-electron chi connectivity index (χ3n) is 4.12. The molecule has 2 N–H and O–H groups in total. The minimum Gasteiger partial charge on any atom is -0.370 e. The molecule has 4 nitrogen and oxygen atoms in total. The Bertz CT molecular complexity index is 438. The highest BCUT2D eigenvalue weighted by molar-refractivity contribution is 7.99. The molecular weight excluding hydrogens is 280 g/mol. The van der Waals surface area contributed by atoms with Crippen LogP contribution in [-0.2, 0) is 6.42 Å². The van der Waals surface area contributed by atoms with Crippen molar-refractivity contribution in [2.45, 2.75) is 63.7 Å². The number of nitrogens with zero attached hydrogens (tertiary/aromatic N) is 2. The molecule has 0 aliphatic heterocycles. The van der Waals surface area contributed by atoms with Crippen molar-refractivity contribution in [3.63, 3.8) is 0 Å². The lowest BCUT2D eigenvalue weighted by molar-refractivity contribution is 0.474. The fraction of sp³-hybridized carbons (Fsp3) is 0.750. The van der Waals surface area contributed by atoms with E-state index in [-0.39, 0.29) is 0 Å². The van der Waals surface area contributed by atoms with Crippen LogP contribution in [-0.4, -0.2) is 34.1 Å². The van der Waals surface area contributed by atoms with Crippen LogP contribution >= 0.6 is 11.8 Å². The molecule has 2 atom stereocenters. The van der Waals surface area contributed by atoms with Gasteiger partial charge in [0.05, 0.1) is 0 Å². The van der Waals surface area contributed by atoms with E-state index in [1.807, 2.05) is 11.8 Å². The molecule has 0 aromatic carbocycles. The van der Waals surface area contributed by atoms with Gasteiger partial charge in [0.15, 0.2) is 0 Å². The van der Waals surface area contributed by atoms with Crippen molar-refractivity contribution >= 4 is 23.4 Å². The molecule has 1 heterocycles. The fourth-order valence-electron chi connectivity index (χ4n) is 3.06. The normalized spacial score (nSPS) is 22.0.